The molecule has 2 aromatic heterocycles. The second-order valence-corrected chi connectivity index (χ2v) is 3.66. The molecule has 5 heteroatoms. The molecule has 2 aromatic rings. The number of rotatable bonds is 2. The Morgan fingerprint density at radius 2 is 2.60 bits per heavy atom. The molecule has 0 spiro atoms. The average molecular weight is 207 g/mol. The normalized spacial score (nSPS) is 20.7. The number of nitrogens with zero attached hydrogens (tertiary/aromatic N) is 2. The molecule has 0 saturated heterocycles. The minimum absolute atomic E-state index is 0.0416. The third-order valence-corrected chi connectivity index (χ3v) is 2.70. The van der Waals surface area contributed by atoms with Crippen molar-refractivity contribution in [2.24, 2.45) is 0 Å². The molecule has 0 aliphatic carbocycles. The Balaban J connectivity index is 2.13. The summed E-state index contributed by atoms with van der Waals surface area (Å²) in [6, 6.07) is 1.89. The van der Waals surface area contributed by atoms with E-state index in [1.165, 1.54) is 0 Å². The summed E-state index contributed by atoms with van der Waals surface area (Å²) in [4.78, 5) is 0. The van der Waals surface area contributed by atoms with Crippen molar-refractivity contribution in [2.45, 2.75) is 12.6 Å². The van der Waals surface area contributed by atoms with E-state index in [4.69, 9.17) is 9.15 Å². The fourth-order valence-corrected chi connectivity index (χ4v) is 2.06. The molecular formula is C10H13N3O2. The van der Waals surface area contributed by atoms with E-state index in [1.807, 2.05) is 17.8 Å². The summed E-state index contributed by atoms with van der Waals surface area (Å²) in [5, 5.41) is 7.58. The van der Waals surface area contributed by atoms with Crippen molar-refractivity contribution in [1.82, 2.24) is 15.1 Å². The second kappa shape index (κ2) is 3.36. The van der Waals surface area contributed by atoms with E-state index in [2.05, 4.69) is 10.4 Å². The predicted octanol–water partition coefficient (Wildman–Crippen LogP) is 0.920. The number of hydrogen-bond acceptors (Lipinski definition) is 4. The Morgan fingerprint density at radius 3 is 3.47 bits per heavy atom. The smallest absolute Gasteiger partial charge is 0.177 e. The summed E-state index contributed by atoms with van der Waals surface area (Å²) in [6.45, 7) is 2.30. The van der Waals surface area contributed by atoms with Crippen LogP contribution in [-0.2, 0) is 11.3 Å². The molecule has 5 nitrogen and oxygen atoms in total. The summed E-state index contributed by atoms with van der Waals surface area (Å²) < 4.78 is 13.1. The zero-order valence-corrected chi connectivity index (χ0v) is 8.56. The highest BCUT2D eigenvalue weighted by molar-refractivity contribution is 5.75. The molecule has 0 unspecified atom stereocenters. The minimum atomic E-state index is 0.0416. The van der Waals surface area contributed by atoms with Crippen LogP contribution < -0.4 is 5.32 Å². The van der Waals surface area contributed by atoms with Gasteiger partial charge in [0.2, 0.25) is 0 Å². The van der Waals surface area contributed by atoms with Crippen LogP contribution in [0.5, 0.6) is 0 Å². The first-order chi connectivity index (χ1) is 7.40. The van der Waals surface area contributed by atoms with Gasteiger partial charge in [0.25, 0.3) is 0 Å². The quantitative estimate of drug-likeness (QED) is 0.795. The Bertz CT molecular complexity index is 474. The van der Waals surface area contributed by atoms with Crippen LogP contribution in [0.2, 0.25) is 0 Å². The largest absolute Gasteiger partial charge is 0.461 e. The van der Waals surface area contributed by atoms with Crippen molar-refractivity contribution >= 4 is 11.1 Å². The first-order valence-electron chi connectivity index (χ1n) is 5.10. The van der Waals surface area contributed by atoms with Gasteiger partial charge in [0.15, 0.2) is 5.58 Å². The summed E-state index contributed by atoms with van der Waals surface area (Å²) in [5.41, 5.74) is 2.82. The van der Waals surface area contributed by atoms with E-state index < -0.39 is 0 Å². The SMILES string of the molecule is CNC[C@H]1OCCn2nc3ccoc3c21. The third kappa shape index (κ3) is 1.27. The zero-order valence-electron chi connectivity index (χ0n) is 8.56. The van der Waals surface area contributed by atoms with Gasteiger partial charge in [-0.1, -0.05) is 0 Å². The molecule has 1 aliphatic heterocycles. The second-order valence-electron chi connectivity index (χ2n) is 3.66. The van der Waals surface area contributed by atoms with E-state index >= 15 is 0 Å². The molecule has 1 aliphatic rings. The number of fused-ring (bicyclic) bond motifs is 3. The lowest BCUT2D eigenvalue weighted by Gasteiger charge is -2.23. The van der Waals surface area contributed by atoms with E-state index in [1.54, 1.807) is 6.26 Å². The van der Waals surface area contributed by atoms with Crippen LogP contribution in [-0.4, -0.2) is 30.0 Å². The van der Waals surface area contributed by atoms with E-state index in [9.17, 15) is 0 Å². The molecule has 80 valence electrons. The number of nitrogens with one attached hydrogen (secondary N) is 1. The highest BCUT2D eigenvalue weighted by atomic mass is 16.5. The molecule has 0 aromatic carbocycles. The number of aromatic nitrogens is 2. The molecule has 0 bridgehead atoms. The van der Waals surface area contributed by atoms with E-state index in [0.29, 0.717) is 6.61 Å². The van der Waals surface area contributed by atoms with Crippen molar-refractivity contribution in [3.05, 3.63) is 18.0 Å². The molecule has 0 fully saturated rings. The van der Waals surface area contributed by atoms with Crippen LogP contribution >= 0.6 is 0 Å². The van der Waals surface area contributed by atoms with Crippen molar-refractivity contribution in [3.63, 3.8) is 0 Å². The Hall–Kier alpha value is -1.33. The van der Waals surface area contributed by atoms with Gasteiger partial charge in [-0.25, -0.2) is 0 Å². The summed E-state index contributed by atoms with van der Waals surface area (Å²) in [6.07, 6.45) is 1.71. The Morgan fingerprint density at radius 1 is 1.67 bits per heavy atom. The Kier molecular flexibility index (Phi) is 2.00. The fourth-order valence-electron chi connectivity index (χ4n) is 2.06. The molecule has 0 radical (unpaired) electrons. The zero-order chi connectivity index (χ0) is 10.3. The van der Waals surface area contributed by atoms with Gasteiger partial charge in [-0.3, -0.25) is 4.68 Å². The maximum absolute atomic E-state index is 5.70. The topological polar surface area (TPSA) is 52.2 Å². The van der Waals surface area contributed by atoms with Crippen LogP contribution in [0.15, 0.2) is 16.7 Å². The molecule has 3 rings (SSSR count). The van der Waals surface area contributed by atoms with Gasteiger partial charge < -0.3 is 14.5 Å². The van der Waals surface area contributed by atoms with Crippen molar-refractivity contribution in [2.75, 3.05) is 20.2 Å². The van der Waals surface area contributed by atoms with Crippen LogP contribution in [0, 0.1) is 0 Å². The van der Waals surface area contributed by atoms with Crippen LogP contribution in [0.4, 0.5) is 0 Å². The van der Waals surface area contributed by atoms with Gasteiger partial charge in [0, 0.05) is 12.6 Å². The summed E-state index contributed by atoms with van der Waals surface area (Å²) >= 11 is 0. The van der Waals surface area contributed by atoms with Gasteiger partial charge in [0.1, 0.15) is 17.3 Å². The van der Waals surface area contributed by atoms with Gasteiger partial charge in [-0.2, -0.15) is 5.10 Å². The van der Waals surface area contributed by atoms with E-state index in [0.717, 1.165) is 29.9 Å². The lowest BCUT2D eigenvalue weighted by molar-refractivity contribution is 0.0187. The first-order valence-corrected chi connectivity index (χ1v) is 5.10. The monoisotopic (exact) mass is 207 g/mol. The van der Waals surface area contributed by atoms with Gasteiger partial charge in [0.05, 0.1) is 19.4 Å². The predicted molar refractivity (Wildman–Crippen MR) is 54.6 cm³/mol. The number of ether oxygens (including phenoxy) is 1. The van der Waals surface area contributed by atoms with Crippen molar-refractivity contribution < 1.29 is 9.15 Å². The number of furan rings is 1. The molecule has 0 amide bonds. The van der Waals surface area contributed by atoms with E-state index in [-0.39, 0.29) is 6.10 Å². The maximum Gasteiger partial charge on any atom is 0.177 e. The molecule has 3 heterocycles. The maximum atomic E-state index is 5.70. The molecule has 15 heavy (non-hydrogen) atoms. The first kappa shape index (κ1) is 8.94. The highest BCUT2D eigenvalue weighted by Crippen LogP contribution is 2.29. The number of hydrogen-bond donors (Lipinski definition) is 1. The summed E-state index contributed by atoms with van der Waals surface area (Å²) in [7, 11) is 1.91. The minimum Gasteiger partial charge on any atom is -0.461 e. The van der Waals surface area contributed by atoms with Gasteiger partial charge in [-0.05, 0) is 7.05 Å². The molecule has 1 N–H and O–H groups in total. The highest BCUT2D eigenvalue weighted by Gasteiger charge is 2.26. The Labute approximate surface area is 87.0 Å². The number of likely N-dealkylation sites (N-methyl/N-ethyl adjacent to an activating group) is 1. The summed E-state index contributed by atoms with van der Waals surface area (Å²) in [5.74, 6) is 0. The van der Waals surface area contributed by atoms with Crippen LogP contribution in [0.3, 0.4) is 0 Å². The lowest BCUT2D eigenvalue weighted by Crippen LogP contribution is -2.28. The standard InChI is InChI=1S/C10H13N3O2/c1-11-6-8-9-10-7(2-4-15-10)12-13(9)3-5-14-8/h2,4,8,11H,3,5-6H2,1H3/t8-/m1/s1. The molecule has 0 saturated carbocycles. The average Bonchev–Trinajstić information content (AvgIpc) is 2.77. The molecular weight excluding hydrogens is 194 g/mol. The van der Waals surface area contributed by atoms with Crippen LogP contribution in [0.25, 0.3) is 11.1 Å². The van der Waals surface area contributed by atoms with Gasteiger partial charge in [-0.15, -0.1) is 0 Å². The van der Waals surface area contributed by atoms with Crippen molar-refractivity contribution in [1.29, 1.82) is 0 Å². The third-order valence-electron chi connectivity index (χ3n) is 2.70. The van der Waals surface area contributed by atoms with Crippen LogP contribution in [0.1, 0.15) is 11.8 Å². The van der Waals surface area contributed by atoms with Crippen molar-refractivity contribution in [3.8, 4) is 0 Å². The molecule has 1 atom stereocenters. The van der Waals surface area contributed by atoms with Gasteiger partial charge >= 0.3 is 0 Å². The lowest BCUT2D eigenvalue weighted by atomic mass is 10.2. The fraction of sp³-hybridized carbons (Fsp3) is 0.500.